The predicted molar refractivity (Wildman–Crippen MR) is 37.3 cm³/mol. The first-order valence-electron chi connectivity index (χ1n) is 2.15. The van der Waals surface area contributed by atoms with Gasteiger partial charge < -0.3 is 0 Å². The molecule has 8 heavy (non-hydrogen) atoms. The van der Waals surface area contributed by atoms with E-state index in [1.807, 2.05) is 0 Å². The number of hydrogen-bond donors (Lipinski definition) is 0. The molecule has 38 valence electrons. The third-order valence-electron chi connectivity index (χ3n) is 0.804. The lowest BCUT2D eigenvalue weighted by molar-refractivity contribution is 1.33. The first kappa shape index (κ1) is 5.82. The van der Waals surface area contributed by atoms with Gasteiger partial charge in [0.1, 0.15) is 7.85 Å². The number of hydrogen-bond acceptors (Lipinski definition) is 1. The predicted octanol–water partition coefficient (Wildman–Crippen LogP) is 0.638. The molecule has 0 bridgehead atoms. The maximum absolute atomic E-state index is 5.43. The maximum atomic E-state index is 5.43. The van der Waals surface area contributed by atoms with Crippen LogP contribution in [0, 0.1) is 0 Å². The molecule has 0 unspecified atom stereocenters. The highest BCUT2D eigenvalue weighted by molar-refractivity contribution is 9.10. The van der Waals surface area contributed by atoms with Crippen LogP contribution in [0.5, 0.6) is 0 Å². The number of aromatic nitrogens is 1. The molecule has 1 nitrogen and oxygen atoms in total. The van der Waals surface area contributed by atoms with Crippen LogP contribution in [0.2, 0.25) is 0 Å². The highest BCUT2D eigenvalue weighted by Gasteiger charge is 1.86. The molecule has 0 aromatic carbocycles. The van der Waals surface area contributed by atoms with E-state index in [9.17, 15) is 0 Å². The Morgan fingerprint density at radius 1 is 1.62 bits per heavy atom. The zero-order valence-corrected chi connectivity index (χ0v) is 5.72. The van der Waals surface area contributed by atoms with Crippen molar-refractivity contribution >= 4 is 29.2 Å². The number of pyridine rings is 1. The molecule has 0 aliphatic rings. The lowest BCUT2D eigenvalue weighted by Gasteiger charge is -1.91. The molecule has 0 aliphatic heterocycles. The van der Waals surface area contributed by atoms with Gasteiger partial charge in [-0.15, -0.1) is 0 Å². The Labute approximate surface area is 57.7 Å². The molecule has 3 heteroatoms. The molecule has 1 aromatic heterocycles. The van der Waals surface area contributed by atoms with Crippen molar-refractivity contribution in [2.75, 3.05) is 0 Å². The van der Waals surface area contributed by atoms with Crippen LogP contribution in [0.15, 0.2) is 22.9 Å². The van der Waals surface area contributed by atoms with E-state index in [1.54, 1.807) is 18.5 Å². The third-order valence-corrected chi connectivity index (χ3v) is 1.47. The normalized spacial score (nSPS) is 9.12. The van der Waals surface area contributed by atoms with Crippen molar-refractivity contribution in [2.24, 2.45) is 0 Å². The smallest absolute Gasteiger partial charge is 0.115 e. The van der Waals surface area contributed by atoms with E-state index in [4.69, 9.17) is 7.85 Å². The van der Waals surface area contributed by atoms with Gasteiger partial charge in [0.25, 0.3) is 0 Å². The summed E-state index contributed by atoms with van der Waals surface area (Å²) < 4.78 is 0.847. The lowest BCUT2D eigenvalue weighted by Crippen LogP contribution is -2.02. The van der Waals surface area contributed by atoms with Crippen molar-refractivity contribution in [3.05, 3.63) is 22.9 Å². The van der Waals surface area contributed by atoms with Crippen LogP contribution >= 0.6 is 15.9 Å². The minimum atomic E-state index is 0.722. The average Bonchev–Trinajstić information content (AvgIpc) is 1.77. The summed E-state index contributed by atoms with van der Waals surface area (Å²) in [5.74, 6) is 0. The Morgan fingerprint density at radius 3 is 2.75 bits per heavy atom. The fraction of sp³-hybridized carbons (Fsp3) is 0. The molecule has 0 spiro atoms. The molecule has 2 radical (unpaired) electrons. The second-order valence-electron chi connectivity index (χ2n) is 1.40. The molecule has 0 saturated carbocycles. The minimum Gasteiger partial charge on any atom is -0.264 e. The summed E-state index contributed by atoms with van der Waals surface area (Å²) in [6.07, 6.45) is 3.31. The monoisotopic (exact) mass is 167 g/mol. The van der Waals surface area contributed by atoms with E-state index >= 15 is 0 Å². The van der Waals surface area contributed by atoms with E-state index in [-0.39, 0.29) is 0 Å². The quantitative estimate of drug-likeness (QED) is 0.517. The zero-order chi connectivity index (χ0) is 5.98. The second-order valence-corrected chi connectivity index (χ2v) is 2.25. The van der Waals surface area contributed by atoms with Gasteiger partial charge in [0.15, 0.2) is 0 Å². The molecule has 0 amide bonds. The highest BCUT2D eigenvalue weighted by Crippen LogP contribution is 1.99. The van der Waals surface area contributed by atoms with Crippen molar-refractivity contribution in [3.63, 3.8) is 0 Å². The largest absolute Gasteiger partial charge is 0.264 e. The second kappa shape index (κ2) is 2.31. The Balaban J connectivity index is 3.13. The van der Waals surface area contributed by atoms with Crippen molar-refractivity contribution in [1.82, 2.24) is 4.98 Å². The topological polar surface area (TPSA) is 12.9 Å². The van der Waals surface area contributed by atoms with E-state index in [0.717, 1.165) is 9.94 Å². The van der Waals surface area contributed by atoms with Gasteiger partial charge in [0.05, 0.1) is 0 Å². The molecule has 1 heterocycles. The van der Waals surface area contributed by atoms with Gasteiger partial charge >= 0.3 is 0 Å². The van der Waals surface area contributed by atoms with Crippen LogP contribution in [0.1, 0.15) is 0 Å². The van der Waals surface area contributed by atoms with Crippen LogP contribution in [-0.2, 0) is 0 Å². The number of rotatable bonds is 0. The average molecular weight is 168 g/mol. The van der Waals surface area contributed by atoms with Gasteiger partial charge in [-0.1, -0.05) is 5.46 Å². The molecule has 0 N–H and O–H groups in total. The van der Waals surface area contributed by atoms with Gasteiger partial charge in [-0.3, -0.25) is 4.98 Å². The minimum absolute atomic E-state index is 0.722. The summed E-state index contributed by atoms with van der Waals surface area (Å²) >= 11 is 3.21. The molecule has 1 aromatic rings. The first-order chi connectivity index (χ1) is 3.80. The summed E-state index contributed by atoms with van der Waals surface area (Å²) in [5, 5.41) is 0. The van der Waals surface area contributed by atoms with E-state index < -0.39 is 0 Å². The van der Waals surface area contributed by atoms with Crippen molar-refractivity contribution in [2.45, 2.75) is 0 Å². The fourth-order valence-electron chi connectivity index (χ4n) is 0.386. The van der Waals surface area contributed by atoms with Crippen molar-refractivity contribution < 1.29 is 0 Å². The van der Waals surface area contributed by atoms with Gasteiger partial charge in [-0.2, -0.15) is 0 Å². The number of halogens is 1. The number of nitrogens with zero attached hydrogens (tertiary/aromatic N) is 1. The van der Waals surface area contributed by atoms with Gasteiger partial charge in [-0.25, -0.2) is 0 Å². The van der Waals surface area contributed by atoms with Gasteiger partial charge in [0, 0.05) is 16.9 Å². The third kappa shape index (κ3) is 1.10. The summed E-state index contributed by atoms with van der Waals surface area (Å²) in [7, 11) is 5.43. The molecule has 0 aliphatic carbocycles. The van der Waals surface area contributed by atoms with E-state index in [0.29, 0.717) is 0 Å². The summed E-state index contributed by atoms with van der Waals surface area (Å²) in [5.41, 5.74) is 0.722. The van der Waals surface area contributed by atoms with Crippen LogP contribution < -0.4 is 5.46 Å². The lowest BCUT2D eigenvalue weighted by atomic mass is 9.98. The Bertz CT molecular complexity index is 169. The Kier molecular flexibility index (Phi) is 1.68. The standard InChI is InChI=1S/C5H3BBrN/c6-4-1-2-8-3-5(4)7/h1-3H. The van der Waals surface area contributed by atoms with Crippen molar-refractivity contribution in [3.8, 4) is 0 Å². The van der Waals surface area contributed by atoms with Gasteiger partial charge in [-0.05, 0) is 22.0 Å². The maximum Gasteiger partial charge on any atom is 0.115 e. The Hall–Kier alpha value is -0.305. The molecule has 0 saturated heterocycles. The summed E-state index contributed by atoms with van der Waals surface area (Å²) in [6, 6.07) is 1.74. The van der Waals surface area contributed by atoms with Crippen molar-refractivity contribution in [1.29, 1.82) is 0 Å². The molecular formula is C5H3BBrN. The molecule has 0 fully saturated rings. The zero-order valence-electron chi connectivity index (χ0n) is 4.13. The van der Waals surface area contributed by atoms with E-state index in [1.165, 1.54) is 0 Å². The van der Waals surface area contributed by atoms with Gasteiger partial charge in [0.2, 0.25) is 0 Å². The fourth-order valence-corrected chi connectivity index (χ4v) is 0.636. The Morgan fingerprint density at radius 2 is 2.38 bits per heavy atom. The van der Waals surface area contributed by atoms with E-state index in [2.05, 4.69) is 20.9 Å². The molecule has 0 atom stereocenters. The molecular weight excluding hydrogens is 165 g/mol. The van der Waals surface area contributed by atoms with Crippen LogP contribution in [0.25, 0.3) is 0 Å². The SMILES string of the molecule is [B]c1ccncc1Br. The van der Waals surface area contributed by atoms with Crippen LogP contribution in [-0.4, -0.2) is 12.8 Å². The van der Waals surface area contributed by atoms with Crippen LogP contribution in [0.3, 0.4) is 0 Å². The highest BCUT2D eigenvalue weighted by atomic mass is 79.9. The summed E-state index contributed by atoms with van der Waals surface area (Å²) in [6.45, 7) is 0. The van der Waals surface area contributed by atoms with Crippen LogP contribution in [0.4, 0.5) is 0 Å². The summed E-state index contributed by atoms with van der Waals surface area (Å²) in [4.78, 5) is 3.82. The molecule has 1 rings (SSSR count). The first-order valence-corrected chi connectivity index (χ1v) is 2.95.